The number of halogens is 2. The summed E-state index contributed by atoms with van der Waals surface area (Å²) >= 11 is 5.92. The van der Waals surface area contributed by atoms with Crippen molar-refractivity contribution in [1.82, 2.24) is 10.6 Å². The summed E-state index contributed by atoms with van der Waals surface area (Å²) in [5.41, 5.74) is 1.14. The van der Waals surface area contributed by atoms with Gasteiger partial charge in [0.25, 0.3) is 0 Å². The molecule has 3 nitrogen and oxygen atoms in total. The second kappa shape index (κ2) is 9.44. The lowest BCUT2D eigenvalue weighted by atomic mass is 10.2. The molecule has 2 N–H and O–H groups in total. The summed E-state index contributed by atoms with van der Waals surface area (Å²) in [6.07, 6.45) is 0. The van der Waals surface area contributed by atoms with E-state index in [1.54, 1.807) is 7.05 Å². The molecule has 0 aromatic heterocycles. The zero-order chi connectivity index (χ0) is 12.7. The third-order valence-electron chi connectivity index (χ3n) is 2.25. The number of guanidine groups is 1. The molecule has 0 spiro atoms. The number of benzene rings is 1. The van der Waals surface area contributed by atoms with Crippen molar-refractivity contribution in [2.24, 2.45) is 10.9 Å². The molecule has 1 aromatic rings. The third-order valence-corrected chi connectivity index (χ3v) is 2.49. The molecule has 0 saturated carbocycles. The summed E-state index contributed by atoms with van der Waals surface area (Å²) in [6, 6.07) is 7.80. The Morgan fingerprint density at radius 1 is 1.33 bits per heavy atom. The monoisotopic (exact) mass is 381 g/mol. The van der Waals surface area contributed by atoms with Crippen LogP contribution in [-0.2, 0) is 6.54 Å². The maximum absolute atomic E-state index is 5.92. The Kier molecular flexibility index (Phi) is 9.18. The smallest absolute Gasteiger partial charge is 0.191 e. The fourth-order valence-corrected chi connectivity index (χ4v) is 1.57. The zero-order valence-electron chi connectivity index (χ0n) is 11.0. The highest BCUT2D eigenvalue weighted by atomic mass is 127. The Bertz CT molecular complexity index is 380. The van der Waals surface area contributed by atoms with Gasteiger partial charge in [-0.25, -0.2) is 0 Å². The predicted molar refractivity (Wildman–Crippen MR) is 89.9 cm³/mol. The Morgan fingerprint density at radius 3 is 2.61 bits per heavy atom. The normalized spacial score (nSPS) is 11.1. The van der Waals surface area contributed by atoms with Crippen LogP contribution < -0.4 is 10.6 Å². The van der Waals surface area contributed by atoms with Crippen molar-refractivity contribution in [3.8, 4) is 0 Å². The first-order chi connectivity index (χ1) is 8.11. The van der Waals surface area contributed by atoms with E-state index in [9.17, 15) is 0 Å². The van der Waals surface area contributed by atoms with E-state index in [4.69, 9.17) is 11.6 Å². The summed E-state index contributed by atoms with van der Waals surface area (Å²) in [5.74, 6) is 1.42. The minimum Gasteiger partial charge on any atom is -0.356 e. The van der Waals surface area contributed by atoms with Crippen LogP contribution in [0.3, 0.4) is 0 Å². The molecular formula is C13H21ClIN3. The molecule has 0 aliphatic carbocycles. The molecule has 0 fully saturated rings. The van der Waals surface area contributed by atoms with Gasteiger partial charge in [0, 0.05) is 25.2 Å². The van der Waals surface area contributed by atoms with Crippen molar-refractivity contribution < 1.29 is 0 Å². The summed E-state index contributed by atoms with van der Waals surface area (Å²) in [5, 5.41) is 7.27. The molecule has 0 saturated heterocycles. The van der Waals surface area contributed by atoms with Gasteiger partial charge in [0.05, 0.1) is 0 Å². The van der Waals surface area contributed by atoms with Gasteiger partial charge in [-0.1, -0.05) is 37.6 Å². The second-order valence-corrected chi connectivity index (χ2v) is 4.77. The van der Waals surface area contributed by atoms with Gasteiger partial charge in [-0.2, -0.15) is 0 Å². The van der Waals surface area contributed by atoms with Crippen LogP contribution in [0, 0.1) is 5.92 Å². The molecule has 0 aliphatic rings. The van der Waals surface area contributed by atoms with Crippen molar-refractivity contribution >= 4 is 41.5 Å². The zero-order valence-corrected chi connectivity index (χ0v) is 14.1. The highest BCUT2D eigenvalue weighted by Gasteiger charge is 1.99. The molecular weight excluding hydrogens is 361 g/mol. The summed E-state index contributed by atoms with van der Waals surface area (Å²) < 4.78 is 0. The van der Waals surface area contributed by atoms with Crippen LogP contribution >= 0.6 is 35.6 Å². The average molecular weight is 382 g/mol. The average Bonchev–Trinajstić information content (AvgIpc) is 2.29. The lowest BCUT2D eigenvalue weighted by Gasteiger charge is -2.13. The first-order valence-electron chi connectivity index (χ1n) is 5.80. The Labute approximate surface area is 131 Å². The number of nitrogens with one attached hydrogen (secondary N) is 2. The van der Waals surface area contributed by atoms with Gasteiger partial charge in [0.1, 0.15) is 0 Å². The Balaban J connectivity index is 0.00000289. The fraction of sp³-hybridized carbons (Fsp3) is 0.462. The van der Waals surface area contributed by atoms with Gasteiger partial charge in [0.2, 0.25) is 0 Å². The molecule has 0 radical (unpaired) electrons. The standard InChI is InChI=1S/C13H20ClN3.HI/c1-10(2)8-16-13(15-3)17-9-11-5-4-6-12(14)7-11;/h4-7,10H,8-9H2,1-3H3,(H2,15,16,17);1H. The molecule has 0 bridgehead atoms. The SMILES string of the molecule is CN=C(NCc1cccc(Cl)c1)NCC(C)C.I. The quantitative estimate of drug-likeness (QED) is 0.477. The lowest BCUT2D eigenvalue weighted by Crippen LogP contribution is -2.38. The molecule has 1 aromatic carbocycles. The fourth-order valence-electron chi connectivity index (χ4n) is 1.35. The van der Waals surface area contributed by atoms with E-state index in [0.717, 1.165) is 29.6 Å². The number of nitrogens with zero attached hydrogens (tertiary/aromatic N) is 1. The van der Waals surface area contributed by atoms with Crippen LogP contribution in [0.5, 0.6) is 0 Å². The topological polar surface area (TPSA) is 36.4 Å². The van der Waals surface area contributed by atoms with Crippen LogP contribution in [0.15, 0.2) is 29.3 Å². The van der Waals surface area contributed by atoms with Crippen LogP contribution in [0.25, 0.3) is 0 Å². The van der Waals surface area contributed by atoms with Gasteiger partial charge in [-0.15, -0.1) is 24.0 Å². The molecule has 0 amide bonds. The lowest BCUT2D eigenvalue weighted by molar-refractivity contribution is 0.614. The van der Waals surface area contributed by atoms with Crippen LogP contribution in [0.1, 0.15) is 19.4 Å². The van der Waals surface area contributed by atoms with Gasteiger partial charge in [0.15, 0.2) is 5.96 Å². The summed E-state index contributed by atoms with van der Waals surface area (Å²) in [6.45, 7) is 5.96. The van der Waals surface area contributed by atoms with E-state index >= 15 is 0 Å². The minimum absolute atomic E-state index is 0. The molecule has 0 heterocycles. The van der Waals surface area contributed by atoms with E-state index < -0.39 is 0 Å². The maximum Gasteiger partial charge on any atom is 0.191 e. The van der Waals surface area contributed by atoms with Crippen molar-refractivity contribution in [2.45, 2.75) is 20.4 Å². The van der Waals surface area contributed by atoms with Crippen molar-refractivity contribution in [2.75, 3.05) is 13.6 Å². The highest BCUT2D eigenvalue weighted by molar-refractivity contribution is 14.0. The van der Waals surface area contributed by atoms with Crippen molar-refractivity contribution in [3.05, 3.63) is 34.9 Å². The molecule has 0 aliphatic heterocycles. The maximum atomic E-state index is 5.92. The van der Waals surface area contributed by atoms with Crippen LogP contribution in [0.4, 0.5) is 0 Å². The van der Waals surface area contributed by atoms with E-state index in [2.05, 4.69) is 29.5 Å². The van der Waals surface area contributed by atoms with Gasteiger partial charge in [-0.3, -0.25) is 4.99 Å². The molecule has 0 atom stereocenters. The van der Waals surface area contributed by atoms with Crippen LogP contribution in [0.2, 0.25) is 5.02 Å². The van der Waals surface area contributed by atoms with E-state index in [1.807, 2.05) is 24.3 Å². The highest BCUT2D eigenvalue weighted by Crippen LogP contribution is 2.10. The summed E-state index contributed by atoms with van der Waals surface area (Å²) in [7, 11) is 1.77. The Hall–Kier alpha value is -0.490. The van der Waals surface area contributed by atoms with Crippen LogP contribution in [-0.4, -0.2) is 19.6 Å². The first kappa shape index (κ1) is 17.5. The minimum atomic E-state index is 0. The number of rotatable bonds is 4. The first-order valence-corrected chi connectivity index (χ1v) is 6.18. The van der Waals surface area contributed by atoms with Gasteiger partial charge >= 0.3 is 0 Å². The molecule has 18 heavy (non-hydrogen) atoms. The number of hydrogen-bond donors (Lipinski definition) is 2. The molecule has 0 unspecified atom stereocenters. The second-order valence-electron chi connectivity index (χ2n) is 4.33. The van der Waals surface area contributed by atoms with Gasteiger partial charge < -0.3 is 10.6 Å². The predicted octanol–water partition coefficient (Wildman–Crippen LogP) is 3.28. The Morgan fingerprint density at radius 2 is 2.06 bits per heavy atom. The van der Waals surface area contributed by atoms with Crippen molar-refractivity contribution in [3.63, 3.8) is 0 Å². The largest absolute Gasteiger partial charge is 0.356 e. The van der Waals surface area contributed by atoms with Gasteiger partial charge in [-0.05, 0) is 23.6 Å². The molecule has 102 valence electrons. The molecule has 5 heteroatoms. The van der Waals surface area contributed by atoms with Crippen molar-refractivity contribution in [1.29, 1.82) is 0 Å². The van der Waals surface area contributed by atoms with E-state index in [1.165, 1.54) is 0 Å². The van der Waals surface area contributed by atoms with E-state index in [0.29, 0.717) is 5.92 Å². The summed E-state index contributed by atoms with van der Waals surface area (Å²) in [4.78, 5) is 4.16. The number of aliphatic imine (C=N–C) groups is 1. The van der Waals surface area contributed by atoms with E-state index in [-0.39, 0.29) is 24.0 Å². The number of hydrogen-bond acceptors (Lipinski definition) is 1. The third kappa shape index (κ3) is 7.06. The molecule has 1 rings (SSSR count).